The van der Waals surface area contributed by atoms with Gasteiger partial charge in [0.25, 0.3) is 0 Å². The van der Waals surface area contributed by atoms with Gasteiger partial charge >= 0.3 is 0 Å². The van der Waals surface area contributed by atoms with Gasteiger partial charge in [-0.3, -0.25) is 0 Å². The summed E-state index contributed by atoms with van der Waals surface area (Å²) >= 11 is 6.25. The second-order valence-electron chi connectivity index (χ2n) is 3.43. The molecule has 0 radical (unpaired) electrons. The van der Waals surface area contributed by atoms with Gasteiger partial charge in [0.1, 0.15) is 5.75 Å². The summed E-state index contributed by atoms with van der Waals surface area (Å²) in [5, 5.41) is 9.34. The Morgan fingerprint density at radius 3 is 2.24 bits per heavy atom. The van der Waals surface area contributed by atoms with Crippen LogP contribution in [-0.4, -0.2) is 33.0 Å². The molecule has 1 aromatic carbocycles. The highest BCUT2D eigenvalue weighted by Crippen LogP contribution is 2.43. The first-order valence-electron chi connectivity index (χ1n) is 5.27. The summed E-state index contributed by atoms with van der Waals surface area (Å²) in [7, 11) is 4.65. The number of aliphatic hydroxyl groups is 1. The minimum Gasteiger partial charge on any atom is -0.496 e. The highest BCUT2D eigenvalue weighted by atomic mass is 35.5. The molecular formula is C12H17ClO4. The van der Waals surface area contributed by atoms with Gasteiger partial charge in [-0.1, -0.05) is 11.6 Å². The van der Waals surface area contributed by atoms with E-state index >= 15 is 0 Å². The molecule has 4 nitrogen and oxygen atoms in total. The van der Waals surface area contributed by atoms with Gasteiger partial charge in [-0.05, 0) is 12.8 Å². The summed E-state index contributed by atoms with van der Waals surface area (Å²) in [6.07, 6.45) is 1.24. The highest BCUT2D eigenvalue weighted by molar-refractivity contribution is 6.33. The van der Waals surface area contributed by atoms with E-state index in [0.29, 0.717) is 35.1 Å². The molecule has 17 heavy (non-hydrogen) atoms. The standard InChI is InChI=1S/C12H17ClO4/c1-15-9-7-10(16-2)12(17-3)11(13)8(9)5-4-6-14/h7,14H,4-6H2,1-3H3. The number of rotatable bonds is 6. The van der Waals surface area contributed by atoms with Crippen LogP contribution in [-0.2, 0) is 6.42 Å². The molecule has 0 spiro atoms. The van der Waals surface area contributed by atoms with Crippen LogP contribution in [0.5, 0.6) is 17.2 Å². The Hall–Kier alpha value is -1.13. The lowest BCUT2D eigenvalue weighted by Crippen LogP contribution is -2.00. The van der Waals surface area contributed by atoms with Gasteiger partial charge in [-0.15, -0.1) is 0 Å². The highest BCUT2D eigenvalue weighted by Gasteiger charge is 2.18. The zero-order valence-electron chi connectivity index (χ0n) is 10.2. The Labute approximate surface area is 106 Å². The van der Waals surface area contributed by atoms with E-state index in [-0.39, 0.29) is 6.61 Å². The van der Waals surface area contributed by atoms with Crippen molar-refractivity contribution in [1.29, 1.82) is 0 Å². The average Bonchev–Trinajstić information content (AvgIpc) is 2.36. The molecule has 96 valence electrons. The fraction of sp³-hybridized carbons (Fsp3) is 0.500. The third-order valence-electron chi connectivity index (χ3n) is 2.48. The van der Waals surface area contributed by atoms with Gasteiger partial charge < -0.3 is 19.3 Å². The number of halogens is 1. The molecule has 1 aromatic rings. The van der Waals surface area contributed by atoms with Gasteiger partial charge in [0.2, 0.25) is 0 Å². The molecule has 5 heteroatoms. The Bertz CT molecular complexity index is 379. The number of methoxy groups -OCH3 is 3. The van der Waals surface area contributed by atoms with Crippen LogP contribution in [0.15, 0.2) is 6.07 Å². The monoisotopic (exact) mass is 260 g/mol. The lowest BCUT2D eigenvalue weighted by Gasteiger charge is -2.16. The summed E-state index contributed by atoms with van der Waals surface area (Å²) in [4.78, 5) is 0. The number of hydrogen-bond acceptors (Lipinski definition) is 4. The molecule has 1 rings (SSSR count). The quantitative estimate of drug-likeness (QED) is 0.853. The minimum atomic E-state index is 0.105. The van der Waals surface area contributed by atoms with Crippen molar-refractivity contribution in [3.63, 3.8) is 0 Å². The Morgan fingerprint density at radius 1 is 1.12 bits per heavy atom. The molecule has 0 aliphatic heterocycles. The third-order valence-corrected chi connectivity index (χ3v) is 2.88. The summed E-state index contributed by atoms with van der Waals surface area (Å²) < 4.78 is 15.7. The molecule has 0 aliphatic rings. The van der Waals surface area contributed by atoms with Crippen LogP contribution in [0.25, 0.3) is 0 Å². The fourth-order valence-corrected chi connectivity index (χ4v) is 2.00. The van der Waals surface area contributed by atoms with Crippen LogP contribution in [0.4, 0.5) is 0 Å². The van der Waals surface area contributed by atoms with Crippen molar-refractivity contribution in [2.75, 3.05) is 27.9 Å². The number of hydrogen-bond donors (Lipinski definition) is 1. The predicted octanol–water partition coefficient (Wildman–Crippen LogP) is 2.29. The van der Waals surface area contributed by atoms with E-state index in [1.54, 1.807) is 20.3 Å². The smallest absolute Gasteiger partial charge is 0.179 e. The zero-order valence-corrected chi connectivity index (χ0v) is 11.0. The van der Waals surface area contributed by atoms with Gasteiger partial charge in [0.15, 0.2) is 11.5 Å². The van der Waals surface area contributed by atoms with Crippen LogP contribution in [0.1, 0.15) is 12.0 Å². The lowest BCUT2D eigenvalue weighted by molar-refractivity contribution is 0.287. The summed E-state index contributed by atoms with van der Waals surface area (Å²) in [6, 6.07) is 1.73. The lowest BCUT2D eigenvalue weighted by atomic mass is 10.1. The maximum absolute atomic E-state index is 8.87. The summed E-state index contributed by atoms with van der Waals surface area (Å²) in [5.74, 6) is 1.66. The van der Waals surface area contributed by atoms with E-state index in [1.165, 1.54) is 7.11 Å². The first kappa shape index (κ1) is 13.9. The Kier molecular flexibility index (Phi) is 5.38. The fourth-order valence-electron chi connectivity index (χ4n) is 1.64. The van der Waals surface area contributed by atoms with Crippen LogP contribution in [0.2, 0.25) is 5.02 Å². The van der Waals surface area contributed by atoms with E-state index in [1.807, 2.05) is 0 Å². The number of aliphatic hydroxyl groups excluding tert-OH is 1. The topological polar surface area (TPSA) is 47.9 Å². The summed E-state index contributed by atoms with van der Waals surface area (Å²) in [6.45, 7) is 0.105. The maximum atomic E-state index is 8.87. The Balaban J connectivity index is 3.25. The molecule has 0 aliphatic carbocycles. The molecule has 1 N–H and O–H groups in total. The molecule has 0 fully saturated rings. The predicted molar refractivity (Wildman–Crippen MR) is 66.5 cm³/mol. The largest absolute Gasteiger partial charge is 0.496 e. The van der Waals surface area contributed by atoms with Crippen molar-refractivity contribution in [1.82, 2.24) is 0 Å². The third kappa shape index (κ3) is 2.96. The summed E-state index contributed by atoms with van der Waals surface area (Å²) in [5.41, 5.74) is 0.820. The van der Waals surface area contributed by atoms with Crippen molar-refractivity contribution in [2.45, 2.75) is 12.8 Å². The van der Waals surface area contributed by atoms with E-state index in [0.717, 1.165) is 5.56 Å². The van der Waals surface area contributed by atoms with Crippen molar-refractivity contribution in [3.8, 4) is 17.2 Å². The second-order valence-corrected chi connectivity index (χ2v) is 3.81. The van der Waals surface area contributed by atoms with Crippen molar-refractivity contribution in [3.05, 3.63) is 16.7 Å². The van der Waals surface area contributed by atoms with E-state index < -0.39 is 0 Å². The van der Waals surface area contributed by atoms with E-state index in [9.17, 15) is 0 Å². The molecule has 0 saturated heterocycles. The van der Waals surface area contributed by atoms with Gasteiger partial charge in [-0.25, -0.2) is 0 Å². The molecule has 0 heterocycles. The first-order valence-corrected chi connectivity index (χ1v) is 5.65. The second kappa shape index (κ2) is 6.57. The first-order chi connectivity index (χ1) is 8.19. The Morgan fingerprint density at radius 2 is 1.76 bits per heavy atom. The van der Waals surface area contributed by atoms with Gasteiger partial charge in [0, 0.05) is 18.2 Å². The SMILES string of the molecule is COc1cc(OC)c(OC)c(Cl)c1CCCO. The van der Waals surface area contributed by atoms with Crippen LogP contribution in [0, 0.1) is 0 Å². The molecule has 0 saturated carbocycles. The normalized spacial score (nSPS) is 10.2. The molecule has 0 aromatic heterocycles. The van der Waals surface area contributed by atoms with Crippen molar-refractivity contribution < 1.29 is 19.3 Å². The molecular weight excluding hydrogens is 244 g/mol. The number of ether oxygens (including phenoxy) is 3. The maximum Gasteiger partial charge on any atom is 0.179 e. The number of benzene rings is 1. The van der Waals surface area contributed by atoms with Gasteiger partial charge in [0.05, 0.1) is 26.4 Å². The van der Waals surface area contributed by atoms with E-state index in [2.05, 4.69) is 0 Å². The average molecular weight is 261 g/mol. The minimum absolute atomic E-state index is 0.105. The van der Waals surface area contributed by atoms with Crippen LogP contribution < -0.4 is 14.2 Å². The van der Waals surface area contributed by atoms with Crippen LogP contribution in [0.3, 0.4) is 0 Å². The molecule has 0 unspecified atom stereocenters. The van der Waals surface area contributed by atoms with E-state index in [4.69, 9.17) is 30.9 Å². The van der Waals surface area contributed by atoms with Crippen LogP contribution >= 0.6 is 11.6 Å². The van der Waals surface area contributed by atoms with Crippen molar-refractivity contribution >= 4 is 11.6 Å². The molecule has 0 bridgehead atoms. The molecule has 0 amide bonds. The van der Waals surface area contributed by atoms with Crippen molar-refractivity contribution in [2.24, 2.45) is 0 Å². The molecule has 0 atom stereocenters. The zero-order chi connectivity index (χ0) is 12.8. The van der Waals surface area contributed by atoms with Gasteiger partial charge in [-0.2, -0.15) is 0 Å².